The van der Waals surface area contributed by atoms with E-state index in [4.69, 9.17) is 14.6 Å². The first-order valence-corrected chi connectivity index (χ1v) is 9.93. The fourth-order valence-corrected chi connectivity index (χ4v) is 3.73. The fourth-order valence-electron chi connectivity index (χ4n) is 2.47. The van der Waals surface area contributed by atoms with E-state index in [0.29, 0.717) is 18.1 Å². The SMILES string of the molecule is O=S(=O)(c1ccc(OCCO)cc1)c1ccc(OCc2ccccc2)cc1. The third-order valence-corrected chi connectivity index (χ3v) is 5.66. The molecule has 3 aromatic rings. The number of sulfone groups is 1. The van der Waals surface area contributed by atoms with Crippen LogP contribution in [0.25, 0.3) is 0 Å². The van der Waals surface area contributed by atoms with Gasteiger partial charge in [-0.3, -0.25) is 0 Å². The number of hydrogen-bond acceptors (Lipinski definition) is 5. The number of rotatable bonds is 8. The molecule has 0 amide bonds. The van der Waals surface area contributed by atoms with Gasteiger partial charge in [0.1, 0.15) is 24.7 Å². The molecule has 0 aliphatic rings. The van der Waals surface area contributed by atoms with Crippen molar-refractivity contribution in [2.24, 2.45) is 0 Å². The van der Waals surface area contributed by atoms with Crippen LogP contribution in [0.15, 0.2) is 88.7 Å². The fraction of sp³-hybridized carbons (Fsp3) is 0.143. The lowest BCUT2D eigenvalue weighted by Crippen LogP contribution is -2.04. The Labute approximate surface area is 158 Å². The molecule has 140 valence electrons. The van der Waals surface area contributed by atoms with Crippen molar-refractivity contribution < 1.29 is 23.0 Å². The van der Waals surface area contributed by atoms with Gasteiger partial charge < -0.3 is 14.6 Å². The highest BCUT2D eigenvalue weighted by Crippen LogP contribution is 2.25. The van der Waals surface area contributed by atoms with E-state index in [1.54, 1.807) is 24.3 Å². The van der Waals surface area contributed by atoms with Gasteiger partial charge in [-0.25, -0.2) is 8.42 Å². The maximum Gasteiger partial charge on any atom is 0.206 e. The number of ether oxygens (including phenoxy) is 2. The molecule has 0 spiro atoms. The standard InChI is InChI=1S/C21H20O5S/c22-14-15-25-18-6-10-20(11-7-18)27(23,24)21-12-8-19(9-13-21)26-16-17-4-2-1-3-5-17/h1-13,22H,14-16H2. The number of benzene rings is 3. The lowest BCUT2D eigenvalue weighted by Gasteiger charge is -2.09. The van der Waals surface area contributed by atoms with Crippen molar-refractivity contribution in [2.45, 2.75) is 16.4 Å². The zero-order valence-electron chi connectivity index (χ0n) is 14.6. The van der Waals surface area contributed by atoms with Crippen LogP contribution in [0.4, 0.5) is 0 Å². The summed E-state index contributed by atoms with van der Waals surface area (Å²) in [6.07, 6.45) is 0. The molecule has 0 heterocycles. The molecule has 0 aromatic heterocycles. The van der Waals surface area contributed by atoms with E-state index >= 15 is 0 Å². The quantitative estimate of drug-likeness (QED) is 0.644. The van der Waals surface area contributed by atoms with Crippen LogP contribution in [0.5, 0.6) is 11.5 Å². The van der Waals surface area contributed by atoms with E-state index in [2.05, 4.69) is 0 Å². The smallest absolute Gasteiger partial charge is 0.206 e. The van der Waals surface area contributed by atoms with E-state index in [-0.39, 0.29) is 23.0 Å². The third-order valence-electron chi connectivity index (χ3n) is 3.88. The maximum absolute atomic E-state index is 12.7. The Balaban J connectivity index is 1.69. The average molecular weight is 384 g/mol. The van der Waals surface area contributed by atoms with Crippen LogP contribution in [-0.2, 0) is 16.4 Å². The van der Waals surface area contributed by atoms with Crippen LogP contribution in [-0.4, -0.2) is 26.7 Å². The molecule has 0 aliphatic carbocycles. The zero-order valence-corrected chi connectivity index (χ0v) is 15.4. The van der Waals surface area contributed by atoms with Crippen LogP contribution in [0.2, 0.25) is 0 Å². The van der Waals surface area contributed by atoms with Crippen LogP contribution in [0.1, 0.15) is 5.56 Å². The molecule has 1 N–H and O–H groups in total. The van der Waals surface area contributed by atoms with Gasteiger partial charge in [-0.05, 0) is 54.1 Å². The van der Waals surface area contributed by atoms with Crippen molar-refractivity contribution in [1.29, 1.82) is 0 Å². The van der Waals surface area contributed by atoms with Gasteiger partial charge in [0.25, 0.3) is 0 Å². The first-order valence-electron chi connectivity index (χ1n) is 8.45. The Bertz CT molecular complexity index is 950. The normalized spacial score (nSPS) is 11.1. The van der Waals surface area contributed by atoms with E-state index in [1.807, 2.05) is 30.3 Å². The number of hydrogen-bond donors (Lipinski definition) is 1. The minimum atomic E-state index is -3.62. The van der Waals surface area contributed by atoms with Gasteiger partial charge in [0.15, 0.2) is 0 Å². The summed E-state index contributed by atoms with van der Waals surface area (Å²) in [6.45, 7) is 0.484. The van der Waals surface area contributed by atoms with Crippen LogP contribution >= 0.6 is 0 Å². The molecule has 0 aliphatic heterocycles. The first kappa shape index (κ1) is 18.9. The Kier molecular flexibility index (Phi) is 6.11. The molecule has 5 nitrogen and oxygen atoms in total. The van der Waals surface area contributed by atoms with Crippen LogP contribution in [0.3, 0.4) is 0 Å². The molecule has 6 heteroatoms. The summed E-state index contributed by atoms with van der Waals surface area (Å²) in [7, 11) is -3.62. The van der Waals surface area contributed by atoms with Gasteiger partial charge >= 0.3 is 0 Å². The van der Waals surface area contributed by atoms with Gasteiger partial charge in [-0.2, -0.15) is 0 Å². The summed E-state index contributed by atoms with van der Waals surface area (Å²) in [5.74, 6) is 1.11. The van der Waals surface area contributed by atoms with E-state index in [9.17, 15) is 8.42 Å². The molecule has 0 saturated carbocycles. The van der Waals surface area contributed by atoms with Crippen molar-refractivity contribution in [3.8, 4) is 11.5 Å². The Morgan fingerprint density at radius 1 is 0.704 bits per heavy atom. The number of aliphatic hydroxyl groups excluding tert-OH is 1. The van der Waals surface area contributed by atoms with Crippen LogP contribution < -0.4 is 9.47 Å². The lowest BCUT2D eigenvalue weighted by molar-refractivity contribution is 0.201. The van der Waals surface area contributed by atoms with Crippen molar-refractivity contribution in [3.05, 3.63) is 84.4 Å². The summed E-state index contributed by atoms with van der Waals surface area (Å²) < 4.78 is 36.4. The van der Waals surface area contributed by atoms with Gasteiger partial charge in [-0.15, -0.1) is 0 Å². The second-order valence-electron chi connectivity index (χ2n) is 5.79. The minimum Gasteiger partial charge on any atom is -0.491 e. The molecule has 0 bridgehead atoms. The van der Waals surface area contributed by atoms with Crippen molar-refractivity contribution in [1.82, 2.24) is 0 Å². The predicted octanol–water partition coefficient (Wildman–Crippen LogP) is 3.47. The molecule has 0 radical (unpaired) electrons. The van der Waals surface area contributed by atoms with Gasteiger partial charge in [-0.1, -0.05) is 30.3 Å². The highest BCUT2D eigenvalue weighted by atomic mass is 32.2. The Morgan fingerprint density at radius 2 is 1.22 bits per heavy atom. The summed E-state index contributed by atoms with van der Waals surface area (Å²) in [4.78, 5) is 0.371. The monoisotopic (exact) mass is 384 g/mol. The van der Waals surface area contributed by atoms with Gasteiger partial charge in [0, 0.05) is 0 Å². The van der Waals surface area contributed by atoms with Gasteiger partial charge in [0.05, 0.1) is 16.4 Å². The highest BCUT2D eigenvalue weighted by Gasteiger charge is 2.17. The lowest BCUT2D eigenvalue weighted by atomic mass is 10.2. The molecular formula is C21H20O5S. The predicted molar refractivity (Wildman–Crippen MR) is 102 cm³/mol. The minimum absolute atomic E-state index is 0.0985. The second-order valence-corrected chi connectivity index (χ2v) is 7.74. The molecule has 3 rings (SSSR count). The molecule has 0 unspecified atom stereocenters. The van der Waals surface area contributed by atoms with Crippen molar-refractivity contribution >= 4 is 9.84 Å². The molecule has 0 fully saturated rings. The van der Waals surface area contributed by atoms with Crippen LogP contribution in [0, 0.1) is 0 Å². The first-order chi connectivity index (χ1) is 13.1. The Morgan fingerprint density at radius 3 is 1.74 bits per heavy atom. The van der Waals surface area contributed by atoms with E-state index in [0.717, 1.165) is 5.56 Å². The highest BCUT2D eigenvalue weighted by molar-refractivity contribution is 7.91. The number of aliphatic hydroxyl groups is 1. The molecule has 0 saturated heterocycles. The summed E-state index contributed by atoms with van der Waals surface area (Å²) >= 11 is 0. The Hall–Kier alpha value is -2.83. The second kappa shape index (κ2) is 8.70. The summed E-state index contributed by atoms with van der Waals surface area (Å²) in [5.41, 5.74) is 1.04. The van der Waals surface area contributed by atoms with E-state index in [1.165, 1.54) is 24.3 Å². The average Bonchev–Trinajstić information content (AvgIpc) is 2.72. The zero-order chi connectivity index (χ0) is 19.1. The summed E-state index contributed by atoms with van der Waals surface area (Å²) in [5, 5.41) is 8.75. The summed E-state index contributed by atoms with van der Waals surface area (Å²) in [6, 6.07) is 22.2. The largest absolute Gasteiger partial charge is 0.491 e. The molecule has 27 heavy (non-hydrogen) atoms. The van der Waals surface area contributed by atoms with Gasteiger partial charge in [0.2, 0.25) is 9.84 Å². The van der Waals surface area contributed by atoms with E-state index < -0.39 is 9.84 Å². The van der Waals surface area contributed by atoms with Crippen molar-refractivity contribution in [2.75, 3.05) is 13.2 Å². The van der Waals surface area contributed by atoms with Crippen molar-refractivity contribution in [3.63, 3.8) is 0 Å². The molecule has 0 atom stereocenters. The topological polar surface area (TPSA) is 72.8 Å². The third kappa shape index (κ3) is 4.87. The maximum atomic E-state index is 12.7. The molecule has 3 aromatic carbocycles. The molecular weight excluding hydrogens is 364 g/mol.